The van der Waals surface area contributed by atoms with E-state index in [0.29, 0.717) is 11.6 Å². The summed E-state index contributed by atoms with van der Waals surface area (Å²) in [7, 11) is 0. The summed E-state index contributed by atoms with van der Waals surface area (Å²) in [6.07, 6.45) is 5.98. The Morgan fingerprint density at radius 1 is 1.60 bits per heavy atom. The number of carbonyl (C=O) groups is 1. The third kappa shape index (κ3) is 2.03. The van der Waals surface area contributed by atoms with Gasteiger partial charge in [0.1, 0.15) is 6.26 Å². The molecule has 0 spiro atoms. The quantitative estimate of drug-likeness (QED) is 0.828. The number of oxazole rings is 1. The van der Waals surface area contributed by atoms with Gasteiger partial charge in [0.25, 0.3) is 0 Å². The summed E-state index contributed by atoms with van der Waals surface area (Å²) in [6, 6.07) is 0. The molecule has 0 bridgehead atoms. The van der Waals surface area contributed by atoms with Crippen LogP contribution in [0, 0.1) is 0 Å². The van der Waals surface area contributed by atoms with Gasteiger partial charge in [-0.25, -0.2) is 4.98 Å². The number of rotatable bonds is 3. The molecule has 15 heavy (non-hydrogen) atoms. The maximum atomic E-state index is 10.5. The lowest BCUT2D eigenvalue weighted by atomic mass is 9.89. The second-order valence-electron chi connectivity index (χ2n) is 4.48. The van der Waals surface area contributed by atoms with Gasteiger partial charge in [-0.2, -0.15) is 0 Å². The van der Waals surface area contributed by atoms with Crippen LogP contribution in [-0.4, -0.2) is 16.1 Å². The number of carboxylic acid groups (broad SMARTS) is 1. The second-order valence-corrected chi connectivity index (χ2v) is 4.48. The first-order valence-corrected chi connectivity index (χ1v) is 5.27. The average Bonchev–Trinajstić information content (AvgIpc) is 2.74. The van der Waals surface area contributed by atoms with Crippen LogP contribution in [0.1, 0.15) is 44.2 Å². The average molecular weight is 209 g/mol. The maximum Gasteiger partial charge on any atom is 0.309 e. The highest BCUT2D eigenvalue weighted by atomic mass is 16.4. The van der Waals surface area contributed by atoms with Crippen LogP contribution in [0.5, 0.6) is 0 Å². The summed E-state index contributed by atoms with van der Waals surface area (Å²) in [5.41, 5.74) is 0.544. The second kappa shape index (κ2) is 3.68. The van der Waals surface area contributed by atoms with E-state index in [4.69, 9.17) is 9.52 Å². The molecule has 0 unspecified atom stereocenters. The van der Waals surface area contributed by atoms with E-state index in [0.717, 1.165) is 12.8 Å². The molecule has 0 aromatic carbocycles. The molecule has 0 amide bonds. The maximum absolute atomic E-state index is 10.5. The first-order chi connectivity index (χ1) is 7.10. The Kier molecular flexibility index (Phi) is 2.50. The fourth-order valence-electron chi connectivity index (χ4n) is 2.19. The third-order valence-electron chi connectivity index (χ3n) is 3.11. The zero-order valence-corrected chi connectivity index (χ0v) is 8.82. The van der Waals surface area contributed by atoms with Gasteiger partial charge in [-0.3, -0.25) is 4.79 Å². The zero-order valence-electron chi connectivity index (χ0n) is 8.82. The zero-order chi connectivity index (χ0) is 10.9. The summed E-state index contributed by atoms with van der Waals surface area (Å²) >= 11 is 0. The molecule has 1 heterocycles. The summed E-state index contributed by atoms with van der Waals surface area (Å²) in [5.74, 6) is -0.164. The fraction of sp³-hybridized carbons (Fsp3) is 0.636. The number of hydrogen-bond donors (Lipinski definition) is 1. The van der Waals surface area contributed by atoms with E-state index in [-0.39, 0.29) is 11.8 Å². The van der Waals surface area contributed by atoms with E-state index in [1.807, 2.05) is 0 Å². The number of nitrogens with zero attached hydrogens (tertiary/aromatic N) is 1. The SMILES string of the molecule is CC1(c2nc(CC(=O)O)co2)CCCC1. The van der Waals surface area contributed by atoms with E-state index in [9.17, 15) is 4.79 Å². The van der Waals surface area contributed by atoms with Crippen LogP contribution < -0.4 is 0 Å². The van der Waals surface area contributed by atoms with Crippen molar-refractivity contribution in [1.82, 2.24) is 4.98 Å². The van der Waals surface area contributed by atoms with Gasteiger partial charge in [0.05, 0.1) is 12.1 Å². The molecule has 1 aromatic heterocycles. The lowest BCUT2D eigenvalue weighted by Crippen LogP contribution is -2.17. The molecule has 1 aliphatic rings. The van der Waals surface area contributed by atoms with Crippen molar-refractivity contribution in [2.45, 2.75) is 44.4 Å². The molecule has 1 fully saturated rings. The van der Waals surface area contributed by atoms with Crippen molar-refractivity contribution in [1.29, 1.82) is 0 Å². The van der Waals surface area contributed by atoms with Crippen LogP contribution >= 0.6 is 0 Å². The van der Waals surface area contributed by atoms with Crippen LogP contribution in [-0.2, 0) is 16.6 Å². The molecule has 0 saturated heterocycles. The molecular formula is C11H15NO3. The summed E-state index contributed by atoms with van der Waals surface area (Å²) in [5, 5.41) is 8.62. The summed E-state index contributed by atoms with van der Waals surface area (Å²) in [6.45, 7) is 2.14. The molecular weight excluding hydrogens is 194 g/mol. The molecule has 1 saturated carbocycles. The Morgan fingerprint density at radius 3 is 2.87 bits per heavy atom. The smallest absolute Gasteiger partial charge is 0.309 e. The Bertz CT molecular complexity index is 364. The lowest BCUT2D eigenvalue weighted by Gasteiger charge is -2.18. The topological polar surface area (TPSA) is 63.3 Å². The van der Waals surface area contributed by atoms with Gasteiger partial charge in [0.15, 0.2) is 5.89 Å². The van der Waals surface area contributed by atoms with Gasteiger partial charge in [0, 0.05) is 5.41 Å². The summed E-state index contributed by atoms with van der Waals surface area (Å²) < 4.78 is 5.38. The third-order valence-corrected chi connectivity index (χ3v) is 3.11. The van der Waals surface area contributed by atoms with E-state index in [1.165, 1.54) is 19.1 Å². The Labute approximate surface area is 88.3 Å². The minimum Gasteiger partial charge on any atom is -0.481 e. The lowest BCUT2D eigenvalue weighted by molar-refractivity contribution is -0.136. The van der Waals surface area contributed by atoms with Gasteiger partial charge >= 0.3 is 5.97 Å². The normalized spacial score (nSPS) is 19.3. The number of aliphatic carboxylic acids is 1. The predicted molar refractivity (Wildman–Crippen MR) is 53.7 cm³/mol. The van der Waals surface area contributed by atoms with Crippen LogP contribution in [0.15, 0.2) is 10.7 Å². The Morgan fingerprint density at radius 2 is 2.27 bits per heavy atom. The monoisotopic (exact) mass is 209 g/mol. The van der Waals surface area contributed by atoms with E-state index < -0.39 is 5.97 Å². The molecule has 0 aliphatic heterocycles. The van der Waals surface area contributed by atoms with E-state index in [2.05, 4.69) is 11.9 Å². The first-order valence-electron chi connectivity index (χ1n) is 5.27. The van der Waals surface area contributed by atoms with Crippen molar-refractivity contribution in [3.8, 4) is 0 Å². The van der Waals surface area contributed by atoms with Crippen molar-refractivity contribution in [3.63, 3.8) is 0 Å². The van der Waals surface area contributed by atoms with Gasteiger partial charge in [-0.05, 0) is 12.8 Å². The molecule has 82 valence electrons. The largest absolute Gasteiger partial charge is 0.481 e. The molecule has 1 aromatic rings. The molecule has 0 radical (unpaired) electrons. The number of carboxylic acids is 1. The molecule has 1 aliphatic carbocycles. The molecule has 0 atom stereocenters. The van der Waals surface area contributed by atoms with Crippen molar-refractivity contribution in [3.05, 3.63) is 17.8 Å². The minimum absolute atomic E-state index is 0.0246. The first kappa shape index (κ1) is 10.2. The standard InChI is InChI=1S/C11H15NO3/c1-11(4-2-3-5-11)10-12-8(7-15-10)6-9(13)14/h7H,2-6H2,1H3,(H,13,14). The number of aromatic nitrogens is 1. The molecule has 4 nitrogen and oxygen atoms in total. The van der Waals surface area contributed by atoms with Gasteiger partial charge in [0.2, 0.25) is 0 Å². The van der Waals surface area contributed by atoms with Crippen molar-refractivity contribution >= 4 is 5.97 Å². The Balaban J connectivity index is 2.15. The van der Waals surface area contributed by atoms with Crippen LogP contribution in [0.3, 0.4) is 0 Å². The van der Waals surface area contributed by atoms with E-state index in [1.54, 1.807) is 0 Å². The highest BCUT2D eigenvalue weighted by Crippen LogP contribution is 2.39. The predicted octanol–water partition coefficient (Wildman–Crippen LogP) is 2.13. The fourth-order valence-corrected chi connectivity index (χ4v) is 2.19. The van der Waals surface area contributed by atoms with Crippen LogP contribution in [0.4, 0.5) is 0 Å². The van der Waals surface area contributed by atoms with Crippen molar-refractivity contribution in [2.75, 3.05) is 0 Å². The van der Waals surface area contributed by atoms with Gasteiger partial charge in [-0.15, -0.1) is 0 Å². The minimum atomic E-state index is -0.869. The highest BCUT2D eigenvalue weighted by molar-refractivity contribution is 5.69. The van der Waals surface area contributed by atoms with Gasteiger partial charge < -0.3 is 9.52 Å². The van der Waals surface area contributed by atoms with Crippen molar-refractivity contribution < 1.29 is 14.3 Å². The number of hydrogen-bond acceptors (Lipinski definition) is 3. The highest BCUT2D eigenvalue weighted by Gasteiger charge is 2.35. The molecule has 1 N–H and O–H groups in total. The van der Waals surface area contributed by atoms with Crippen molar-refractivity contribution in [2.24, 2.45) is 0 Å². The molecule has 4 heteroatoms. The Hall–Kier alpha value is -1.32. The van der Waals surface area contributed by atoms with E-state index >= 15 is 0 Å². The van der Waals surface area contributed by atoms with Crippen LogP contribution in [0.25, 0.3) is 0 Å². The van der Waals surface area contributed by atoms with Crippen LogP contribution in [0.2, 0.25) is 0 Å². The molecule has 2 rings (SSSR count). The summed E-state index contributed by atoms with van der Waals surface area (Å²) in [4.78, 5) is 14.8. The van der Waals surface area contributed by atoms with Gasteiger partial charge in [-0.1, -0.05) is 19.8 Å².